The van der Waals surface area contributed by atoms with E-state index in [1.54, 1.807) is 58.0 Å². The Morgan fingerprint density at radius 1 is 0.884 bits per heavy atom. The summed E-state index contributed by atoms with van der Waals surface area (Å²) in [5.41, 5.74) is -2.88. The highest BCUT2D eigenvalue weighted by Gasteiger charge is 2.65. The SMILES string of the molecule is C=C1[C@H](OC(C)=O)CC(=O)C(C)(C)/C=C/[C@H](C)C(=O)[C@@]2(OC(C)=O)C[C@H](C)[C@H](OC(C)=O)[C@@H]2[C@H]1OC(=O)c1ccccc1. The Morgan fingerprint density at radius 2 is 1.49 bits per heavy atom. The lowest BCUT2D eigenvalue weighted by atomic mass is 9.73. The van der Waals surface area contributed by atoms with Crippen molar-refractivity contribution in [3.8, 4) is 0 Å². The van der Waals surface area contributed by atoms with Crippen molar-refractivity contribution in [3.05, 3.63) is 60.2 Å². The van der Waals surface area contributed by atoms with Gasteiger partial charge in [-0.2, -0.15) is 0 Å². The van der Waals surface area contributed by atoms with E-state index in [0.29, 0.717) is 0 Å². The smallest absolute Gasteiger partial charge is 0.338 e. The summed E-state index contributed by atoms with van der Waals surface area (Å²) >= 11 is 0. The number of carbonyl (C=O) groups is 6. The summed E-state index contributed by atoms with van der Waals surface area (Å²) < 4.78 is 23.3. The number of carbonyl (C=O) groups excluding carboxylic acids is 6. The van der Waals surface area contributed by atoms with Crippen LogP contribution in [0.1, 0.15) is 71.7 Å². The molecule has 0 heterocycles. The molecule has 0 N–H and O–H groups in total. The summed E-state index contributed by atoms with van der Waals surface area (Å²) in [4.78, 5) is 78.8. The van der Waals surface area contributed by atoms with E-state index in [1.807, 2.05) is 0 Å². The van der Waals surface area contributed by atoms with Crippen LogP contribution in [-0.2, 0) is 42.9 Å². The van der Waals surface area contributed by atoms with E-state index < -0.39 is 76.7 Å². The van der Waals surface area contributed by atoms with E-state index in [1.165, 1.54) is 19.1 Å². The highest BCUT2D eigenvalue weighted by molar-refractivity contribution is 5.94. The van der Waals surface area contributed by atoms with Crippen LogP contribution in [0.3, 0.4) is 0 Å². The van der Waals surface area contributed by atoms with Crippen LogP contribution in [0.4, 0.5) is 0 Å². The zero-order valence-corrected chi connectivity index (χ0v) is 25.7. The zero-order valence-electron chi connectivity index (χ0n) is 25.7. The summed E-state index contributed by atoms with van der Waals surface area (Å²) in [6.07, 6.45) is -1.09. The van der Waals surface area contributed by atoms with Crippen LogP contribution in [0.2, 0.25) is 0 Å². The van der Waals surface area contributed by atoms with Gasteiger partial charge in [0.15, 0.2) is 11.4 Å². The van der Waals surface area contributed by atoms with E-state index in [0.717, 1.165) is 13.8 Å². The lowest BCUT2D eigenvalue weighted by Gasteiger charge is -2.41. The van der Waals surface area contributed by atoms with Gasteiger partial charge in [-0.3, -0.25) is 24.0 Å². The number of fused-ring (bicyclic) bond motifs is 1. The standard InChI is InChI=1S/C33H40O10/c1-18-14-15-32(7,8)26(37)16-25(40-21(4)34)20(3)29(42-31(39)24-12-10-9-11-13-24)27-28(41-22(5)35)19(2)17-33(27,30(18)38)43-23(6)36/h9-15,18-19,25,27-29H,3,16-17H2,1-2,4-8H3/b15-14+/t18-,19-,25+,27+,28-,29-,33+/m0/s1. The summed E-state index contributed by atoms with van der Waals surface area (Å²) in [5, 5.41) is 0. The molecular formula is C33H40O10. The maximum atomic E-state index is 14.4. The quantitative estimate of drug-likeness (QED) is 0.274. The number of ether oxygens (including phenoxy) is 4. The Kier molecular flexibility index (Phi) is 10.1. The lowest BCUT2D eigenvalue weighted by Crippen LogP contribution is -2.57. The lowest BCUT2D eigenvalue weighted by molar-refractivity contribution is -0.181. The first kappa shape index (κ1) is 33.4. The fourth-order valence-electron chi connectivity index (χ4n) is 5.98. The second-order valence-electron chi connectivity index (χ2n) is 12.0. The molecule has 2 aliphatic rings. The molecule has 0 bridgehead atoms. The number of rotatable bonds is 5. The molecule has 10 nitrogen and oxygen atoms in total. The highest BCUT2D eigenvalue weighted by Crippen LogP contribution is 2.51. The number of hydrogen-bond acceptors (Lipinski definition) is 10. The molecule has 0 spiro atoms. The van der Waals surface area contributed by atoms with Crippen LogP contribution in [0.25, 0.3) is 0 Å². The monoisotopic (exact) mass is 596 g/mol. The first-order valence-electron chi connectivity index (χ1n) is 14.3. The van der Waals surface area contributed by atoms with Gasteiger partial charge in [-0.25, -0.2) is 4.79 Å². The highest BCUT2D eigenvalue weighted by atomic mass is 16.6. The third-order valence-corrected chi connectivity index (χ3v) is 8.08. The van der Waals surface area contributed by atoms with E-state index in [4.69, 9.17) is 18.9 Å². The van der Waals surface area contributed by atoms with Crippen LogP contribution in [0.5, 0.6) is 0 Å². The topological polar surface area (TPSA) is 139 Å². The Hall–Kier alpha value is -4.08. The molecule has 0 aliphatic heterocycles. The zero-order chi connectivity index (χ0) is 32.3. The summed E-state index contributed by atoms with van der Waals surface area (Å²) in [6, 6.07) is 8.02. The van der Waals surface area contributed by atoms with Crippen molar-refractivity contribution < 1.29 is 47.7 Å². The van der Waals surface area contributed by atoms with Crippen LogP contribution in [0.15, 0.2) is 54.6 Å². The molecule has 7 atom stereocenters. The van der Waals surface area contributed by atoms with Gasteiger partial charge in [-0.15, -0.1) is 0 Å². The largest absolute Gasteiger partial charge is 0.462 e. The van der Waals surface area contributed by atoms with Gasteiger partial charge >= 0.3 is 23.9 Å². The molecule has 1 fully saturated rings. The number of hydrogen-bond donors (Lipinski definition) is 0. The van der Waals surface area contributed by atoms with Gasteiger partial charge in [-0.1, -0.05) is 50.8 Å². The molecule has 0 radical (unpaired) electrons. The Balaban J connectivity index is 2.37. The minimum atomic E-state index is -1.94. The number of allylic oxidation sites excluding steroid dienone is 2. The van der Waals surface area contributed by atoms with Crippen LogP contribution < -0.4 is 0 Å². The van der Waals surface area contributed by atoms with Gasteiger partial charge in [-0.05, 0) is 31.9 Å². The van der Waals surface area contributed by atoms with Crippen molar-refractivity contribution in [1.82, 2.24) is 0 Å². The third kappa shape index (κ3) is 7.29. The maximum absolute atomic E-state index is 14.4. The Bertz CT molecular complexity index is 1330. The molecule has 1 aromatic rings. The van der Waals surface area contributed by atoms with Gasteiger partial charge in [0.05, 0.1) is 11.5 Å². The number of ketones is 2. The van der Waals surface area contributed by atoms with Gasteiger partial charge < -0.3 is 18.9 Å². The van der Waals surface area contributed by atoms with Crippen LogP contribution in [-0.4, -0.2) is 59.4 Å². The number of Topliss-reactive ketones (excluding diaryl/α,β-unsaturated/α-hetero) is 2. The van der Waals surface area contributed by atoms with Gasteiger partial charge in [0.2, 0.25) is 0 Å². The average Bonchev–Trinajstić information content (AvgIpc) is 3.18. The molecule has 3 rings (SSSR count). The molecule has 0 aromatic heterocycles. The Labute approximate surface area is 251 Å². The summed E-state index contributed by atoms with van der Waals surface area (Å²) in [7, 11) is 0. The van der Waals surface area contributed by atoms with Crippen molar-refractivity contribution >= 4 is 35.4 Å². The molecule has 1 saturated carbocycles. The summed E-state index contributed by atoms with van der Waals surface area (Å²) in [5.74, 6) is -6.55. The second-order valence-corrected chi connectivity index (χ2v) is 12.0. The normalized spacial score (nSPS) is 31.5. The molecule has 0 unspecified atom stereocenters. The number of benzene rings is 1. The maximum Gasteiger partial charge on any atom is 0.338 e. The average molecular weight is 597 g/mol. The van der Waals surface area contributed by atoms with E-state index >= 15 is 0 Å². The molecule has 43 heavy (non-hydrogen) atoms. The van der Waals surface area contributed by atoms with Crippen molar-refractivity contribution in [1.29, 1.82) is 0 Å². The first-order chi connectivity index (χ1) is 20.0. The molecular weight excluding hydrogens is 556 g/mol. The molecule has 232 valence electrons. The van der Waals surface area contributed by atoms with E-state index in [2.05, 4.69) is 6.58 Å². The van der Waals surface area contributed by atoms with Gasteiger partial charge in [0, 0.05) is 50.5 Å². The van der Waals surface area contributed by atoms with Crippen molar-refractivity contribution in [2.24, 2.45) is 23.2 Å². The molecule has 0 saturated heterocycles. The molecule has 0 amide bonds. The van der Waals surface area contributed by atoms with Crippen LogP contribution in [0, 0.1) is 23.2 Å². The van der Waals surface area contributed by atoms with E-state index in [9.17, 15) is 28.8 Å². The predicted octanol–water partition coefficient (Wildman–Crippen LogP) is 4.35. The second kappa shape index (κ2) is 13.1. The van der Waals surface area contributed by atoms with E-state index in [-0.39, 0.29) is 29.8 Å². The summed E-state index contributed by atoms with van der Waals surface area (Å²) in [6.45, 7) is 14.3. The molecule has 1 aromatic carbocycles. The molecule has 10 heteroatoms. The van der Waals surface area contributed by atoms with Gasteiger partial charge in [0.1, 0.15) is 24.1 Å². The minimum Gasteiger partial charge on any atom is -0.462 e. The predicted molar refractivity (Wildman–Crippen MR) is 154 cm³/mol. The van der Waals surface area contributed by atoms with Crippen molar-refractivity contribution in [3.63, 3.8) is 0 Å². The number of esters is 4. The van der Waals surface area contributed by atoms with Crippen LogP contribution >= 0.6 is 0 Å². The van der Waals surface area contributed by atoms with Crippen molar-refractivity contribution in [2.75, 3.05) is 0 Å². The third-order valence-electron chi connectivity index (χ3n) is 8.08. The minimum absolute atomic E-state index is 0.0265. The molecule has 2 aliphatic carbocycles. The fraction of sp³-hybridized carbons (Fsp3) is 0.515. The van der Waals surface area contributed by atoms with Crippen molar-refractivity contribution in [2.45, 2.75) is 85.2 Å². The van der Waals surface area contributed by atoms with Gasteiger partial charge in [0.25, 0.3) is 0 Å². The first-order valence-corrected chi connectivity index (χ1v) is 14.3. The Morgan fingerprint density at radius 3 is 2.05 bits per heavy atom. The fourth-order valence-corrected chi connectivity index (χ4v) is 5.98.